The SMILES string of the molecule is Cn1ccc(CSc2ncc(-c3ccccc3)n2CC2CCCO2)cc1=O. The van der Waals surface area contributed by atoms with Gasteiger partial charge in [-0.15, -0.1) is 0 Å². The number of aryl methyl sites for hydroxylation is 1. The first-order chi connectivity index (χ1) is 13.2. The molecule has 1 saturated heterocycles. The van der Waals surface area contributed by atoms with Gasteiger partial charge in [-0.25, -0.2) is 4.98 Å². The Bertz CT molecular complexity index is 959. The quantitative estimate of drug-likeness (QED) is 0.611. The Kier molecular flexibility index (Phi) is 5.45. The average molecular weight is 382 g/mol. The molecular weight excluding hydrogens is 358 g/mol. The molecule has 0 aliphatic carbocycles. The average Bonchev–Trinajstić information content (AvgIpc) is 3.34. The van der Waals surface area contributed by atoms with E-state index in [1.54, 1.807) is 29.4 Å². The van der Waals surface area contributed by atoms with Gasteiger partial charge in [-0.2, -0.15) is 0 Å². The summed E-state index contributed by atoms with van der Waals surface area (Å²) in [5, 5.41) is 0.963. The molecule has 1 aromatic carbocycles. The van der Waals surface area contributed by atoms with E-state index >= 15 is 0 Å². The minimum atomic E-state index is 0.0146. The van der Waals surface area contributed by atoms with E-state index < -0.39 is 0 Å². The number of nitrogens with zero attached hydrogens (tertiary/aromatic N) is 3. The van der Waals surface area contributed by atoms with Gasteiger partial charge in [0, 0.05) is 31.7 Å². The van der Waals surface area contributed by atoms with Crippen molar-refractivity contribution in [2.24, 2.45) is 7.05 Å². The van der Waals surface area contributed by atoms with Crippen molar-refractivity contribution < 1.29 is 4.74 Å². The van der Waals surface area contributed by atoms with Crippen molar-refractivity contribution in [2.75, 3.05) is 6.61 Å². The molecule has 6 heteroatoms. The normalized spacial score (nSPS) is 16.7. The lowest BCUT2D eigenvalue weighted by atomic mass is 10.1. The van der Waals surface area contributed by atoms with Crippen LogP contribution in [0.15, 0.2) is 64.8 Å². The Labute approximate surface area is 163 Å². The van der Waals surface area contributed by atoms with Crippen LogP contribution in [0.5, 0.6) is 0 Å². The maximum Gasteiger partial charge on any atom is 0.250 e. The van der Waals surface area contributed by atoms with Crippen molar-refractivity contribution in [3.63, 3.8) is 0 Å². The van der Waals surface area contributed by atoms with Gasteiger partial charge in [-0.05, 0) is 30.0 Å². The standard InChI is InChI=1S/C21H23N3O2S/c1-23-10-9-16(12-20(23)25)15-27-21-22-13-19(17-6-3-2-4-7-17)24(21)14-18-8-5-11-26-18/h2-4,6-7,9-10,12-13,18H,5,8,11,14-15H2,1H3. The predicted molar refractivity (Wildman–Crippen MR) is 108 cm³/mol. The highest BCUT2D eigenvalue weighted by molar-refractivity contribution is 7.98. The minimum Gasteiger partial charge on any atom is -0.376 e. The van der Waals surface area contributed by atoms with Crippen molar-refractivity contribution in [2.45, 2.75) is 36.4 Å². The Hall–Kier alpha value is -2.31. The van der Waals surface area contributed by atoms with E-state index in [-0.39, 0.29) is 11.7 Å². The molecule has 0 bridgehead atoms. The highest BCUT2D eigenvalue weighted by atomic mass is 32.2. The molecule has 5 nitrogen and oxygen atoms in total. The van der Waals surface area contributed by atoms with Crippen molar-refractivity contribution >= 4 is 11.8 Å². The molecule has 0 radical (unpaired) electrons. The van der Waals surface area contributed by atoms with Gasteiger partial charge in [0.05, 0.1) is 24.5 Å². The van der Waals surface area contributed by atoms with Gasteiger partial charge in [-0.3, -0.25) is 4.79 Å². The number of thioether (sulfide) groups is 1. The molecule has 1 fully saturated rings. The highest BCUT2D eigenvalue weighted by Crippen LogP contribution is 2.29. The van der Waals surface area contributed by atoms with E-state index in [0.717, 1.165) is 48.0 Å². The molecular formula is C21H23N3O2S. The number of imidazole rings is 1. The number of hydrogen-bond acceptors (Lipinski definition) is 4. The largest absolute Gasteiger partial charge is 0.376 e. The summed E-state index contributed by atoms with van der Waals surface area (Å²) >= 11 is 1.66. The maximum absolute atomic E-state index is 11.9. The number of rotatable bonds is 6. The molecule has 0 spiro atoms. The van der Waals surface area contributed by atoms with Gasteiger partial charge in [0.25, 0.3) is 5.56 Å². The van der Waals surface area contributed by atoms with Crippen LogP contribution in [0.1, 0.15) is 18.4 Å². The molecule has 1 aliphatic rings. The van der Waals surface area contributed by atoms with Crippen molar-refractivity contribution in [1.82, 2.24) is 14.1 Å². The number of benzene rings is 1. The second-order valence-electron chi connectivity index (χ2n) is 6.81. The third-order valence-corrected chi connectivity index (χ3v) is 5.90. The van der Waals surface area contributed by atoms with Gasteiger partial charge in [0.15, 0.2) is 5.16 Å². The summed E-state index contributed by atoms with van der Waals surface area (Å²) in [5.41, 5.74) is 3.29. The van der Waals surface area contributed by atoms with E-state index in [2.05, 4.69) is 21.7 Å². The Morgan fingerprint density at radius 3 is 2.85 bits per heavy atom. The molecule has 140 valence electrons. The molecule has 3 aromatic rings. The minimum absolute atomic E-state index is 0.0146. The number of ether oxygens (including phenoxy) is 1. The lowest BCUT2D eigenvalue weighted by Crippen LogP contribution is -2.17. The molecule has 3 heterocycles. The number of hydrogen-bond donors (Lipinski definition) is 0. The highest BCUT2D eigenvalue weighted by Gasteiger charge is 2.20. The van der Waals surface area contributed by atoms with E-state index in [4.69, 9.17) is 4.74 Å². The van der Waals surface area contributed by atoms with E-state index in [1.165, 1.54) is 0 Å². The molecule has 0 saturated carbocycles. The smallest absolute Gasteiger partial charge is 0.250 e. The molecule has 1 atom stereocenters. The van der Waals surface area contributed by atoms with Gasteiger partial charge in [0.1, 0.15) is 0 Å². The topological polar surface area (TPSA) is 49.0 Å². The Morgan fingerprint density at radius 2 is 2.11 bits per heavy atom. The van der Waals surface area contributed by atoms with Crippen LogP contribution in [-0.4, -0.2) is 26.8 Å². The first kappa shape index (κ1) is 18.1. The summed E-state index contributed by atoms with van der Waals surface area (Å²) in [7, 11) is 1.76. The van der Waals surface area contributed by atoms with Crippen LogP contribution >= 0.6 is 11.8 Å². The fourth-order valence-electron chi connectivity index (χ4n) is 3.31. The van der Waals surface area contributed by atoms with Crippen LogP contribution in [0.4, 0.5) is 0 Å². The van der Waals surface area contributed by atoms with Crippen LogP contribution in [0, 0.1) is 0 Å². The van der Waals surface area contributed by atoms with Crippen LogP contribution in [-0.2, 0) is 24.1 Å². The predicted octanol–water partition coefficient (Wildman–Crippen LogP) is 3.72. The van der Waals surface area contributed by atoms with Gasteiger partial charge in [0.2, 0.25) is 0 Å². The fraction of sp³-hybridized carbons (Fsp3) is 0.333. The zero-order valence-electron chi connectivity index (χ0n) is 15.4. The Balaban J connectivity index is 1.59. The summed E-state index contributed by atoms with van der Waals surface area (Å²) in [4.78, 5) is 16.5. The first-order valence-electron chi connectivity index (χ1n) is 9.21. The molecule has 1 unspecified atom stereocenters. The summed E-state index contributed by atoms with van der Waals surface area (Å²) in [6.45, 7) is 1.65. The van der Waals surface area contributed by atoms with Gasteiger partial charge in [-0.1, -0.05) is 42.1 Å². The van der Waals surface area contributed by atoms with Crippen molar-refractivity contribution in [3.8, 4) is 11.3 Å². The Morgan fingerprint density at radius 1 is 1.26 bits per heavy atom. The van der Waals surface area contributed by atoms with Crippen LogP contribution in [0.25, 0.3) is 11.3 Å². The van der Waals surface area contributed by atoms with E-state index in [9.17, 15) is 4.79 Å². The van der Waals surface area contributed by atoms with Crippen LogP contribution in [0.2, 0.25) is 0 Å². The van der Waals surface area contributed by atoms with Crippen LogP contribution in [0.3, 0.4) is 0 Å². The monoisotopic (exact) mass is 381 g/mol. The van der Waals surface area contributed by atoms with Crippen molar-refractivity contribution in [3.05, 3.63) is 70.8 Å². The second kappa shape index (κ2) is 8.15. The molecule has 1 aliphatic heterocycles. The van der Waals surface area contributed by atoms with Crippen LogP contribution < -0.4 is 5.56 Å². The summed E-state index contributed by atoms with van der Waals surface area (Å²) in [5.74, 6) is 0.715. The molecule has 2 aromatic heterocycles. The van der Waals surface area contributed by atoms with Crippen molar-refractivity contribution in [1.29, 1.82) is 0 Å². The molecule has 0 amide bonds. The fourth-order valence-corrected chi connectivity index (χ4v) is 4.24. The summed E-state index contributed by atoms with van der Waals surface area (Å²) in [6.07, 6.45) is 6.20. The number of pyridine rings is 1. The summed E-state index contributed by atoms with van der Waals surface area (Å²) in [6, 6.07) is 14.0. The van der Waals surface area contributed by atoms with E-state index in [1.807, 2.05) is 36.7 Å². The lowest BCUT2D eigenvalue weighted by molar-refractivity contribution is 0.0954. The zero-order chi connectivity index (χ0) is 18.6. The number of aromatic nitrogens is 3. The molecule has 27 heavy (non-hydrogen) atoms. The summed E-state index contributed by atoms with van der Waals surface area (Å²) < 4.78 is 9.71. The third-order valence-electron chi connectivity index (χ3n) is 4.84. The lowest BCUT2D eigenvalue weighted by Gasteiger charge is -2.16. The van der Waals surface area contributed by atoms with E-state index in [0.29, 0.717) is 5.75 Å². The van der Waals surface area contributed by atoms with Gasteiger partial charge >= 0.3 is 0 Å². The molecule has 0 N–H and O–H groups in total. The maximum atomic E-state index is 11.9. The third kappa shape index (κ3) is 4.17. The second-order valence-corrected chi connectivity index (χ2v) is 7.75. The molecule has 4 rings (SSSR count). The zero-order valence-corrected chi connectivity index (χ0v) is 16.2. The van der Waals surface area contributed by atoms with Gasteiger partial charge < -0.3 is 13.9 Å². The first-order valence-corrected chi connectivity index (χ1v) is 10.2.